The molecule has 8 heteroatoms. The van der Waals surface area contributed by atoms with E-state index < -0.39 is 12.1 Å². The summed E-state index contributed by atoms with van der Waals surface area (Å²) in [6, 6.07) is 3.73. The van der Waals surface area contributed by atoms with Crippen LogP contribution < -0.4 is 5.56 Å². The lowest BCUT2D eigenvalue weighted by atomic mass is 10.2. The van der Waals surface area contributed by atoms with Crippen LogP contribution in [-0.4, -0.2) is 26.8 Å². The number of nitrogens with zero attached hydrogens (tertiary/aromatic N) is 2. The molecule has 19 heavy (non-hydrogen) atoms. The maximum absolute atomic E-state index is 11.5. The van der Waals surface area contributed by atoms with Crippen LogP contribution in [0, 0.1) is 0 Å². The van der Waals surface area contributed by atoms with Crippen molar-refractivity contribution >= 4 is 16.7 Å². The molecular weight excluding hydrogens is 265 g/mol. The monoisotopic (exact) mass is 274 g/mol. The Labute approximate surface area is 104 Å². The Morgan fingerprint density at radius 2 is 1.95 bits per heavy atom. The fourth-order valence-corrected chi connectivity index (χ4v) is 1.18. The maximum Gasteiger partial charge on any atom is 0.490 e. The van der Waals surface area contributed by atoms with Gasteiger partial charge in [-0.1, -0.05) is 0 Å². The molecule has 0 bridgehead atoms. The van der Waals surface area contributed by atoms with E-state index in [0.717, 1.165) is 5.39 Å². The van der Waals surface area contributed by atoms with Crippen molar-refractivity contribution in [1.29, 1.82) is 0 Å². The smallest absolute Gasteiger partial charge is 0.475 e. The number of hydrogen-bond acceptors (Lipinski definition) is 3. The number of aryl methyl sites for hydroxylation is 1. The fourth-order valence-electron chi connectivity index (χ4n) is 1.18. The quantitative estimate of drug-likeness (QED) is 0.791. The zero-order valence-corrected chi connectivity index (χ0v) is 9.68. The van der Waals surface area contributed by atoms with E-state index in [1.54, 1.807) is 30.2 Å². The Balaban J connectivity index is 0.000000224. The lowest BCUT2D eigenvalue weighted by molar-refractivity contribution is -0.192. The number of hydrogen-bond donors (Lipinski definition) is 1. The van der Waals surface area contributed by atoms with Crippen LogP contribution in [-0.2, 0) is 11.8 Å². The van der Waals surface area contributed by atoms with E-state index in [-0.39, 0.29) is 5.56 Å². The number of carboxylic acid groups (broad SMARTS) is 1. The van der Waals surface area contributed by atoms with Crippen LogP contribution in [0.5, 0.6) is 0 Å². The third-order valence-corrected chi connectivity index (χ3v) is 2.13. The summed E-state index contributed by atoms with van der Waals surface area (Å²) in [5, 5.41) is 8.73. The van der Waals surface area contributed by atoms with Gasteiger partial charge in [0.05, 0.1) is 5.39 Å². The molecule has 0 saturated carbocycles. The molecule has 0 aliphatic rings. The van der Waals surface area contributed by atoms with E-state index in [0.29, 0.717) is 5.39 Å². The molecule has 0 aromatic carbocycles. The standard InChI is InChI=1S/C9H8N2O.C2HF3O2/c1-11-5-3-7-2-4-10-6-8(7)9(11)12;3-2(4,5)1(6)7/h2-6H,1H3;(H,6,7). The molecule has 2 rings (SSSR count). The van der Waals surface area contributed by atoms with Gasteiger partial charge < -0.3 is 9.67 Å². The summed E-state index contributed by atoms with van der Waals surface area (Å²) in [6.07, 6.45) is -0.0515. The second-order valence-electron chi connectivity index (χ2n) is 3.50. The molecule has 0 aliphatic carbocycles. The molecule has 0 saturated heterocycles. The summed E-state index contributed by atoms with van der Waals surface area (Å²) in [7, 11) is 1.73. The molecule has 0 radical (unpaired) electrons. The average molecular weight is 274 g/mol. The summed E-state index contributed by atoms with van der Waals surface area (Å²) in [5.41, 5.74) is 0.000556. The van der Waals surface area contributed by atoms with E-state index >= 15 is 0 Å². The van der Waals surface area contributed by atoms with Crippen LogP contribution in [0.3, 0.4) is 0 Å². The highest BCUT2D eigenvalue weighted by molar-refractivity contribution is 5.79. The van der Waals surface area contributed by atoms with Crippen molar-refractivity contribution in [3.63, 3.8) is 0 Å². The number of halogens is 3. The number of rotatable bonds is 0. The third kappa shape index (κ3) is 3.80. The second-order valence-corrected chi connectivity index (χ2v) is 3.50. The van der Waals surface area contributed by atoms with Crippen molar-refractivity contribution in [2.45, 2.75) is 6.18 Å². The van der Waals surface area contributed by atoms with E-state index in [4.69, 9.17) is 9.90 Å². The van der Waals surface area contributed by atoms with Gasteiger partial charge in [-0.05, 0) is 17.5 Å². The SMILES string of the molecule is Cn1ccc2ccncc2c1=O.O=C(O)C(F)(F)F. The molecule has 2 aromatic rings. The van der Waals surface area contributed by atoms with Gasteiger partial charge in [0.25, 0.3) is 5.56 Å². The number of fused-ring (bicyclic) bond motifs is 1. The summed E-state index contributed by atoms with van der Waals surface area (Å²) in [4.78, 5) is 24.2. The van der Waals surface area contributed by atoms with Crippen molar-refractivity contribution < 1.29 is 23.1 Å². The molecule has 0 unspecified atom stereocenters. The Kier molecular flexibility index (Phi) is 4.26. The number of pyridine rings is 2. The van der Waals surface area contributed by atoms with Gasteiger partial charge in [0.15, 0.2) is 0 Å². The fraction of sp³-hybridized carbons (Fsp3) is 0.182. The molecule has 5 nitrogen and oxygen atoms in total. The Bertz CT molecular complexity index is 649. The van der Waals surface area contributed by atoms with Crippen LogP contribution in [0.1, 0.15) is 0 Å². The van der Waals surface area contributed by atoms with Crippen molar-refractivity contribution in [1.82, 2.24) is 9.55 Å². The normalized spacial score (nSPS) is 10.7. The van der Waals surface area contributed by atoms with Crippen molar-refractivity contribution in [2.24, 2.45) is 7.05 Å². The van der Waals surface area contributed by atoms with Gasteiger partial charge in [0.1, 0.15) is 0 Å². The predicted octanol–water partition coefficient (Wildman–Crippen LogP) is 1.57. The first-order valence-electron chi connectivity index (χ1n) is 4.93. The highest BCUT2D eigenvalue weighted by Crippen LogP contribution is 2.13. The van der Waals surface area contributed by atoms with Crippen LogP contribution in [0.4, 0.5) is 13.2 Å². The maximum atomic E-state index is 11.5. The minimum Gasteiger partial charge on any atom is -0.475 e. The lowest BCUT2D eigenvalue weighted by Crippen LogP contribution is -2.21. The Hall–Kier alpha value is -2.38. The predicted molar refractivity (Wildman–Crippen MR) is 60.7 cm³/mol. The molecule has 1 N–H and O–H groups in total. The Morgan fingerprint density at radius 1 is 1.37 bits per heavy atom. The van der Waals surface area contributed by atoms with Gasteiger partial charge >= 0.3 is 12.1 Å². The zero-order valence-electron chi connectivity index (χ0n) is 9.68. The highest BCUT2D eigenvalue weighted by atomic mass is 19.4. The van der Waals surface area contributed by atoms with Crippen LogP contribution in [0.25, 0.3) is 10.8 Å². The second kappa shape index (κ2) is 5.51. The number of alkyl halides is 3. The number of carbonyl (C=O) groups is 1. The van der Waals surface area contributed by atoms with Gasteiger partial charge in [-0.25, -0.2) is 4.79 Å². The highest BCUT2D eigenvalue weighted by Gasteiger charge is 2.38. The van der Waals surface area contributed by atoms with Gasteiger partial charge in [-0.2, -0.15) is 13.2 Å². The lowest BCUT2D eigenvalue weighted by Gasteiger charge is -1.98. The van der Waals surface area contributed by atoms with E-state index in [1.807, 2.05) is 12.1 Å². The van der Waals surface area contributed by atoms with E-state index in [9.17, 15) is 18.0 Å². The van der Waals surface area contributed by atoms with Crippen molar-refractivity contribution in [3.8, 4) is 0 Å². The zero-order chi connectivity index (χ0) is 14.6. The number of carboxylic acids is 1. The summed E-state index contributed by atoms with van der Waals surface area (Å²) in [6.45, 7) is 0. The molecule has 102 valence electrons. The van der Waals surface area contributed by atoms with E-state index in [2.05, 4.69) is 4.98 Å². The first-order chi connectivity index (χ1) is 8.73. The topological polar surface area (TPSA) is 72.2 Å². The van der Waals surface area contributed by atoms with Gasteiger partial charge in [-0.15, -0.1) is 0 Å². The first kappa shape index (κ1) is 14.7. The van der Waals surface area contributed by atoms with Gasteiger partial charge in [-0.3, -0.25) is 9.78 Å². The largest absolute Gasteiger partial charge is 0.490 e. The Morgan fingerprint density at radius 3 is 2.47 bits per heavy atom. The van der Waals surface area contributed by atoms with Crippen molar-refractivity contribution in [3.05, 3.63) is 41.1 Å². The van der Waals surface area contributed by atoms with Crippen molar-refractivity contribution in [2.75, 3.05) is 0 Å². The van der Waals surface area contributed by atoms with Crippen LogP contribution in [0.15, 0.2) is 35.5 Å². The van der Waals surface area contributed by atoms with Crippen LogP contribution in [0.2, 0.25) is 0 Å². The first-order valence-corrected chi connectivity index (χ1v) is 4.93. The van der Waals surface area contributed by atoms with Gasteiger partial charge in [0.2, 0.25) is 0 Å². The third-order valence-electron chi connectivity index (χ3n) is 2.13. The molecular formula is C11H9F3N2O3. The summed E-state index contributed by atoms with van der Waals surface area (Å²) >= 11 is 0. The molecule has 0 spiro atoms. The molecule has 0 atom stereocenters. The van der Waals surface area contributed by atoms with E-state index in [1.165, 1.54) is 0 Å². The molecule has 0 amide bonds. The summed E-state index contributed by atoms with van der Waals surface area (Å²) in [5.74, 6) is -2.76. The molecule has 2 heterocycles. The minimum atomic E-state index is -5.08. The molecule has 2 aromatic heterocycles. The number of aliphatic carboxylic acids is 1. The minimum absolute atomic E-state index is 0.000556. The van der Waals surface area contributed by atoms with Crippen LogP contribution >= 0.6 is 0 Å². The average Bonchev–Trinajstić information content (AvgIpc) is 2.34. The van der Waals surface area contributed by atoms with Gasteiger partial charge in [0, 0.05) is 25.6 Å². The molecule has 0 aliphatic heterocycles. The number of aromatic nitrogens is 2. The summed E-state index contributed by atoms with van der Waals surface area (Å²) < 4.78 is 33.3. The molecule has 0 fully saturated rings.